The van der Waals surface area contributed by atoms with E-state index in [2.05, 4.69) is 6.58 Å². The number of ether oxygens (including phenoxy) is 2. The van der Waals surface area contributed by atoms with E-state index in [-0.39, 0.29) is 17.3 Å². The fraction of sp³-hybridized carbons (Fsp3) is 0.750. The molecule has 0 radical (unpaired) electrons. The van der Waals surface area contributed by atoms with E-state index in [0.717, 1.165) is 12.8 Å². The van der Waals surface area contributed by atoms with E-state index in [9.17, 15) is 9.59 Å². The summed E-state index contributed by atoms with van der Waals surface area (Å²) in [5.74, 6) is -0.0513. The monoisotopic (exact) mass is 295 g/mol. The van der Waals surface area contributed by atoms with Crippen LogP contribution in [0.25, 0.3) is 0 Å². The number of hydrogen-bond acceptors (Lipinski definition) is 4. The number of likely N-dealkylation sites (tertiary alicyclic amines) is 1. The van der Waals surface area contributed by atoms with Gasteiger partial charge in [0.2, 0.25) is 0 Å². The molecule has 2 rings (SSSR count). The zero-order chi connectivity index (χ0) is 15.8. The largest absolute Gasteiger partial charge is 0.464 e. The molecule has 0 bridgehead atoms. The standard InChI is InChI=1S/C16H25NO4/c1-6-11-10-16(11)8-9-17(12(16)13(18)20-7-2)14(19)21-15(3,4)5/h6,11-12H,1,7-10H2,2-5H3. The van der Waals surface area contributed by atoms with Gasteiger partial charge < -0.3 is 9.47 Å². The van der Waals surface area contributed by atoms with Gasteiger partial charge in [0.1, 0.15) is 11.6 Å². The van der Waals surface area contributed by atoms with Gasteiger partial charge in [0.25, 0.3) is 0 Å². The summed E-state index contributed by atoms with van der Waals surface area (Å²) in [4.78, 5) is 26.2. The lowest BCUT2D eigenvalue weighted by Crippen LogP contribution is -2.47. The van der Waals surface area contributed by atoms with Crippen LogP contribution in [0.3, 0.4) is 0 Å². The van der Waals surface area contributed by atoms with Gasteiger partial charge in [0.15, 0.2) is 0 Å². The second-order valence-electron chi connectivity index (χ2n) is 6.86. The molecular formula is C16H25NO4. The first kappa shape index (κ1) is 15.9. The van der Waals surface area contributed by atoms with Gasteiger partial charge in [-0.15, -0.1) is 6.58 Å². The van der Waals surface area contributed by atoms with Gasteiger partial charge in [-0.3, -0.25) is 4.90 Å². The fourth-order valence-electron chi connectivity index (χ4n) is 3.28. The molecule has 118 valence electrons. The average molecular weight is 295 g/mol. The van der Waals surface area contributed by atoms with Gasteiger partial charge in [-0.2, -0.15) is 0 Å². The predicted molar refractivity (Wildman–Crippen MR) is 78.7 cm³/mol. The number of nitrogens with zero attached hydrogens (tertiary/aromatic N) is 1. The Balaban J connectivity index is 2.19. The van der Waals surface area contributed by atoms with Gasteiger partial charge in [-0.1, -0.05) is 6.08 Å². The SMILES string of the molecule is C=CC1CC12CCN(C(=O)OC(C)(C)C)C2C(=O)OCC. The molecule has 0 aromatic carbocycles. The number of carbonyl (C=O) groups is 2. The quantitative estimate of drug-likeness (QED) is 0.593. The van der Waals surface area contributed by atoms with E-state index in [1.54, 1.807) is 6.92 Å². The molecule has 1 saturated heterocycles. The highest BCUT2D eigenvalue weighted by Crippen LogP contribution is 2.62. The van der Waals surface area contributed by atoms with Crippen LogP contribution in [0, 0.1) is 11.3 Å². The molecule has 5 heteroatoms. The van der Waals surface area contributed by atoms with Crippen molar-refractivity contribution in [1.82, 2.24) is 4.90 Å². The Hall–Kier alpha value is -1.52. The number of carbonyl (C=O) groups excluding carboxylic acids is 2. The average Bonchev–Trinajstić information content (AvgIpc) is 2.91. The van der Waals surface area contributed by atoms with Crippen molar-refractivity contribution in [3.8, 4) is 0 Å². The Morgan fingerprint density at radius 3 is 2.57 bits per heavy atom. The van der Waals surface area contributed by atoms with Crippen LogP contribution in [-0.4, -0.2) is 41.8 Å². The molecule has 1 aliphatic heterocycles. The van der Waals surface area contributed by atoms with Crippen LogP contribution in [0.4, 0.5) is 4.79 Å². The third-order valence-corrected chi connectivity index (χ3v) is 4.28. The molecule has 21 heavy (non-hydrogen) atoms. The Morgan fingerprint density at radius 1 is 1.43 bits per heavy atom. The zero-order valence-corrected chi connectivity index (χ0v) is 13.3. The van der Waals surface area contributed by atoms with Crippen molar-refractivity contribution < 1.29 is 19.1 Å². The van der Waals surface area contributed by atoms with Crippen LogP contribution in [-0.2, 0) is 14.3 Å². The van der Waals surface area contributed by atoms with Crippen molar-refractivity contribution in [3.05, 3.63) is 12.7 Å². The molecule has 5 nitrogen and oxygen atoms in total. The summed E-state index contributed by atoms with van der Waals surface area (Å²) in [6, 6.07) is -0.546. The van der Waals surface area contributed by atoms with Crippen molar-refractivity contribution >= 4 is 12.1 Å². The van der Waals surface area contributed by atoms with Crippen LogP contribution in [0.1, 0.15) is 40.5 Å². The fourth-order valence-corrected chi connectivity index (χ4v) is 3.28. The third-order valence-electron chi connectivity index (χ3n) is 4.28. The van der Waals surface area contributed by atoms with Crippen molar-refractivity contribution in [2.24, 2.45) is 11.3 Å². The first-order valence-electron chi connectivity index (χ1n) is 7.54. The van der Waals surface area contributed by atoms with Gasteiger partial charge in [-0.05, 0) is 46.5 Å². The number of amides is 1. The Morgan fingerprint density at radius 2 is 2.10 bits per heavy atom. The molecule has 0 aromatic heterocycles. The molecule has 1 heterocycles. The lowest BCUT2D eigenvalue weighted by Gasteiger charge is -2.29. The molecule has 1 amide bonds. The van der Waals surface area contributed by atoms with Crippen LogP contribution < -0.4 is 0 Å². The molecule has 3 atom stereocenters. The zero-order valence-electron chi connectivity index (χ0n) is 13.3. The van der Waals surface area contributed by atoms with E-state index in [1.807, 2.05) is 26.8 Å². The molecule has 2 aliphatic rings. The summed E-state index contributed by atoms with van der Waals surface area (Å²) < 4.78 is 10.6. The summed E-state index contributed by atoms with van der Waals surface area (Å²) >= 11 is 0. The van der Waals surface area contributed by atoms with E-state index < -0.39 is 17.7 Å². The maximum Gasteiger partial charge on any atom is 0.411 e. The molecule has 1 spiro atoms. The second kappa shape index (κ2) is 5.35. The molecule has 0 aromatic rings. The first-order chi connectivity index (χ1) is 9.75. The van der Waals surface area contributed by atoms with Crippen LogP contribution in [0.5, 0.6) is 0 Å². The minimum atomic E-state index is -0.576. The van der Waals surface area contributed by atoms with Crippen molar-refractivity contribution in [3.63, 3.8) is 0 Å². The minimum absolute atomic E-state index is 0.190. The van der Waals surface area contributed by atoms with Gasteiger partial charge in [0.05, 0.1) is 6.61 Å². The van der Waals surface area contributed by atoms with E-state index >= 15 is 0 Å². The molecule has 3 unspecified atom stereocenters. The van der Waals surface area contributed by atoms with Gasteiger partial charge in [-0.25, -0.2) is 9.59 Å². The Kier molecular flexibility index (Phi) is 4.04. The molecule has 0 N–H and O–H groups in total. The van der Waals surface area contributed by atoms with Crippen molar-refractivity contribution in [1.29, 1.82) is 0 Å². The van der Waals surface area contributed by atoms with Gasteiger partial charge in [0, 0.05) is 12.0 Å². The molecular weight excluding hydrogens is 270 g/mol. The third kappa shape index (κ3) is 2.92. The number of esters is 1. The molecule has 1 saturated carbocycles. The van der Waals surface area contributed by atoms with Crippen LogP contribution >= 0.6 is 0 Å². The highest BCUT2D eigenvalue weighted by molar-refractivity contribution is 5.84. The minimum Gasteiger partial charge on any atom is -0.464 e. The number of rotatable bonds is 3. The van der Waals surface area contributed by atoms with Crippen LogP contribution in [0.15, 0.2) is 12.7 Å². The summed E-state index contributed by atoms with van der Waals surface area (Å²) in [6.07, 6.45) is 3.13. The van der Waals surface area contributed by atoms with Crippen molar-refractivity contribution in [2.45, 2.75) is 52.2 Å². The summed E-state index contributed by atoms with van der Waals surface area (Å²) in [5, 5.41) is 0. The maximum absolute atomic E-state index is 12.4. The predicted octanol–water partition coefficient (Wildman–Crippen LogP) is 2.75. The highest BCUT2D eigenvalue weighted by Gasteiger charge is 2.66. The van der Waals surface area contributed by atoms with E-state index in [1.165, 1.54) is 4.90 Å². The molecule has 1 aliphatic carbocycles. The lowest BCUT2D eigenvalue weighted by atomic mass is 9.94. The lowest BCUT2D eigenvalue weighted by molar-refractivity contribution is -0.150. The Labute approximate surface area is 126 Å². The second-order valence-corrected chi connectivity index (χ2v) is 6.86. The van der Waals surface area contributed by atoms with Crippen LogP contribution in [0.2, 0.25) is 0 Å². The smallest absolute Gasteiger partial charge is 0.411 e. The maximum atomic E-state index is 12.4. The number of allylic oxidation sites excluding steroid dienone is 1. The Bertz CT molecular complexity index is 454. The van der Waals surface area contributed by atoms with Gasteiger partial charge >= 0.3 is 12.1 Å². The highest BCUT2D eigenvalue weighted by atomic mass is 16.6. The summed E-state index contributed by atoms with van der Waals surface area (Å²) in [6.45, 7) is 11.9. The van der Waals surface area contributed by atoms with E-state index in [0.29, 0.717) is 13.2 Å². The van der Waals surface area contributed by atoms with Crippen molar-refractivity contribution in [2.75, 3.05) is 13.2 Å². The number of hydrogen-bond donors (Lipinski definition) is 0. The topological polar surface area (TPSA) is 55.8 Å². The summed E-state index contributed by atoms with van der Waals surface area (Å²) in [5.41, 5.74) is -0.766. The summed E-state index contributed by atoms with van der Waals surface area (Å²) in [7, 11) is 0. The first-order valence-corrected chi connectivity index (χ1v) is 7.54. The van der Waals surface area contributed by atoms with E-state index in [4.69, 9.17) is 9.47 Å². The normalized spacial score (nSPS) is 31.1. The molecule has 2 fully saturated rings.